The van der Waals surface area contributed by atoms with Crippen LogP contribution in [0.3, 0.4) is 0 Å². The van der Waals surface area contributed by atoms with E-state index in [1.165, 1.54) is 31.2 Å². The first-order valence-electron chi connectivity index (χ1n) is 8.05. The number of pyridine rings is 1. The summed E-state index contributed by atoms with van der Waals surface area (Å²) in [6.07, 6.45) is 6.75. The summed E-state index contributed by atoms with van der Waals surface area (Å²) >= 11 is 0. The first kappa shape index (κ1) is 14.7. The average Bonchev–Trinajstić information content (AvgIpc) is 2.98. The van der Waals surface area contributed by atoms with Gasteiger partial charge >= 0.3 is 0 Å². The third-order valence-electron chi connectivity index (χ3n) is 4.29. The van der Waals surface area contributed by atoms with Crippen molar-refractivity contribution in [2.45, 2.75) is 39.0 Å². The molecule has 0 aliphatic heterocycles. The van der Waals surface area contributed by atoms with Crippen LogP contribution in [0.1, 0.15) is 42.3 Å². The van der Waals surface area contributed by atoms with Crippen LogP contribution in [0.2, 0.25) is 0 Å². The second kappa shape index (κ2) is 5.99. The largest absolute Gasteiger partial charge is 0.423 e. The summed E-state index contributed by atoms with van der Waals surface area (Å²) in [5, 5.41) is 11.1. The molecule has 122 valence electrons. The van der Waals surface area contributed by atoms with Gasteiger partial charge in [-0.3, -0.25) is 0 Å². The Labute approximate surface area is 139 Å². The van der Waals surface area contributed by atoms with Gasteiger partial charge in [0, 0.05) is 18.0 Å². The number of nitrogens with one attached hydrogen (secondary N) is 1. The summed E-state index contributed by atoms with van der Waals surface area (Å²) in [6, 6.07) is 3.97. The van der Waals surface area contributed by atoms with E-state index in [2.05, 4.69) is 36.5 Å². The molecule has 1 N–H and O–H groups in total. The number of hydrogen-bond donors (Lipinski definition) is 1. The fourth-order valence-corrected chi connectivity index (χ4v) is 2.98. The minimum atomic E-state index is 0.518. The quantitative estimate of drug-likeness (QED) is 0.785. The highest BCUT2D eigenvalue weighted by atomic mass is 16.4. The minimum absolute atomic E-state index is 0.518. The van der Waals surface area contributed by atoms with Crippen LogP contribution in [0.25, 0.3) is 11.5 Å². The summed E-state index contributed by atoms with van der Waals surface area (Å²) in [7, 11) is 0. The van der Waals surface area contributed by atoms with Crippen LogP contribution in [0, 0.1) is 13.8 Å². The lowest BCUT2D eigenvalue weighted by Gasteiger charge is -2.27. The summed E-state index contributed by atoms with van der Waals surface area (Å²) < 4.78 is 5.37. The Morgan fingerprint density at radius 2 is 2.00 bits per heavy atom. The van der Waals surface area contributed by atoms with Crippen molar-refractivity contribution >= 4 is 11.6 Å². The van der Waals surface area contributed by atoms with Crippen molar-refractivity contribution in [3.8, 4) is 11.5 Å². The molecule has 3 aromatic rings. The predicted octanol–water partition coefficient (Wildman–Crippen LogP) is 3.55. The van der Waals surface area contributed by atoms with E-state index in [9.17, 15) is 0 Å². The lowest BCUT2D eigenvalue weighted by atomic mass is 9.78. The van der Waals surface area contributed by atoms with Crippen molar-refractivity contribution in [1.29, 1.82) is 0 Å². The van der Waals surface area contributed by atoms with Crippen LogP contribution < -0.4 is 5.32 Å². The van der Waals surface area contributed by atoms with Gasteiger partial charge in [0.15, 0.2) is 0 Å². The Hall–Kier alpha value is -2.83. The number of anilines is 2. The Kier molecular flexibility index (Phi) is 3.68. The second-order valence-corrected chi connectivity index (χ2v) is 6.10. The molecule has 0 atom stereocenters. The molecule has 7 heteroatoms. The van der Waals surface area contributed by atoms with E-state index < -0.39 is 0 Å². The van der Waals surface area contributed by atoms with Crippen molar-refractivity contribution < 1.29 is 4.42 Å². The number of nitrogens with zero attached hydrogens (tertiary/aromatic N) is 5. The third kappa shape index (κ3) is 2.84. The first-order chi connectivity index (χ1) is 11.7. The van der Waals surface area contributed by atoms with Gasteiger partial charge < -0.3 is 9.73 Å². The van der Waals surface area contributed by atoms with Gasteiger partial charge in [0.25, 0.3) is 0 Å². The van der Waals surface area contributed by atoms with Crippen LogP contribution in [0.5, 0.6) is 0 Å². The molecule has 1 saturated carbocycles. The molecule has 4 rings (SSSR count). The van der Waals surface area contributed by atoms with Crippen molar-refractivity contribution in [2.24, 2.45) is 0 Å². The van der Waals surface area contributed by atoms with E-state index in [1.807, 2.05) is 19.9 Å². The molecular weight excluding hydrogens is 304 g/mol. The monoisotopic (exact) mass is 322 g/mol. The smallest absolute Gasteiger partial charge is 0.249 e. The maximum absolute atomic E-state index is 5.37. The zero-order chi connectivity index (χ0) is 16.5. The molecule has 0 bridgehead atoms. The van der Waals surface area contributed by atoms with Crippen LogP contribution in [-0.4, -0.2) is 25.1 Å². The zero-order valence-corrected chi connectivity index (χ0v) is 13.7. The third-order valence-corrected chi connectivity index (χ3v) is 4.29. The Balaban J connectivity index is 1.69. The molecule has 0 radical (unpaired) electrons. The van der Waals surface area contributed by atoms with Gasteiger partial charge in [0.05, 0.1) is 5.56 Å². The molecule has 3 heterocycles. The van der Waals surface area contributed by atoms with E-state index in [0.29, 0.717) is 11.8 Å². The molecule has 1 fully saturated rings. The van der Waals surface area contributed by atoms with Crippen molar-refractivity contribution in [1.82, 2.24) is 25.1 Å². The van der Waals surface area contributed by atoms with Gasteiger partial charge in [0.1, 0.15) is 17.5 Å². The molecule has 3 aromatic heterocycles. The normalized spacial score (nSPS) is 14.4. The van der Waals surface area contributed by atoms with Gasteiger partial charge in [-0.25, -0.2) is 15.0 Å². The highest BCUT2D eigenvalue weighted by Crippen LogP contribution is 2.41. The van der Waals surface area contributed by atoms with E-state index >= 15 is 0 Å². The van der Waals surface area contributed by atoms with Crippen molar-refractivity contribution in [3.63, 3.8) is 0 Å². The van der Waals surface area contributed by atoms with Gasteiger partial charge in [-0.1, -0.05) is 6.42 Å². The molecule has 0 aromatic carbocycles. The van der Waals surface area contributed by atoms with Gasteiger partial charge in [-0.05, 0) is 44.2 Å². The Bertz CT molecular complexity index is 837. The highest BCUT2D eigenvalue weighted by Gasteiger charge is 2.25. The Morgan fingerprint density at radius 1 is 1.12 bits per heavy atom. The standard InChI is InChI=1S/C17H18N6O/c1-10-6-16(21-11(2)20-10)22-15-7-13(12-4-3-5-12)14(8-18-15)17-23-19-9-24-17/h6-9,12H,3-5H2,1-2H3,(H,18,20,21,22). The summed E-state index contributed by atoms with van der Waals surface area (Å²) in [5.41, 5.74) is 3.04. The minimum Gasteiger partial charge on any atom is -0.423 e. The molecule has 24 heavy (non-hydrogen) atoms. The summed E-state index contributed by atoms with van der Waals surface area (Å²) in [6.45, 7) is 3.83. The molecular formula is C17H18N6O. The summed E-state index contributed by atoms with van der Waals surface area (Å²) in [5.74, 6) is 3.28. The molecule has 0 spiro atoms. The molecule has 0 unspecified atom stereocenters. The van der Waals surface area contributed by atoms with Crippen LogP contribution in [-0.2, 0) is 0 Å². The van der Waals surface area contributed by atoms with Crippen molar-refractivity contribution in [3.05, 3.63) is 41.8 Å². The Morgan fingerprint density at radius 3 is 2.67 bits per heavy atom. The topological polar surface area (TPSA) is 89.6 Å². The summed E-state index contributed by atoms with van der Waals surface area (Å²) in [4.78, 5) is 13.2. The molecule has 1 aliphatic carbocycles. The van der Waals surface area contributed by atoms with Gasteiger partial charge in [-0.2, -0.15) is 0 Å². The second-order valence-electron chi connectivity index (χ2n) is 6.10. The average molecular weight is 322 g/mol. The fourth-order valence-electron chi connectivity index (χ4n) is 2.98. The zero-order valence-electron chi connectivity index (χ0n) is 13.7. The molecule has 1 aliphatic rings. The lowest BCUT2D eigenvalue weighted by Crippen LogP contribution is -2.11. The lowest BCUT2D eigenvalue weighted by molar-refractivity contribution is 0.419. The first-order valence-corrected chi connectivity index (χ1v) is 8.05. The van der Waals surface area contributed by atoms with Crippen LogP contribution >= 0.6 is 0 Å². The van der Waals surface area contributed by atoms with E-state index in [-0.39, 0.29) is 0 Å². The van der Waals surface area contributed by atoms with Gasteiger partial charge in [0.2, 0.25) is 12.3 Å². The van der Waals surface area contributed by atoms with Gasteiger partial charge in [-0.15, -0.1) is 10.2 Å². The molecule has 7 nitrogen and oxygen atoms in total. The highest BCUT2D eigenvalue weighted by molar-refractivity contribution is 5.64. The predicted molar refractivity (Wildman–Crippen MR) is 88.9 cm³/mol. The van der Waals surface area contributed by atoms with E-state index in [1.54, 1.807) is 6.20 Å². The van der Waals surface area contributed by atoms with Crippen LogP contribution in [0.15, 0.2) is 29.1 Å². The van der Waals surface area contributed by atoms with Crippen LogP contribution in [0.4, 0.5) is 11.6 Å². The molecule has 0 saturated heterocycles. The maximum atomic E-state index is 5.37. The SMILES string of the molecule is Cc1cc(Nc2cc(C3CCC3)c(-c3nnco3)cn2)nc(C)n1. The number of hydrogen-bond acceptors (Lipinski definition) is 7. The fraction of sp³-hybridized carbons (Fsp3) is 0.353. The van der Waals surface area contributed by atoms with E-state index in [0.717, 1.165) is 28.7 Å². The number of rotatable bonds is 4. The molecule has 0 amide bonds. The number of aryl methyl sites for hydroxylation is 2. The van der Waals surface area contributed by atoms with E-state index in [4.69, 9.17) is 4.42 Å². The number of aromatic nitrogens is 5. The maximum Gasteiger partial charge on any atom is 0.249 e. The van der Waals surface area contributed by atoms with Crippen molar-refractivity contribution in [2.75, 3.05) is 5.32 Å².